The van der Waals surface area contributed by atoms with Crippen LogP contribution in [0.1, 0.15) is 22.8 Å². The fraction of sp³-hybridized carbons (Fsp3) is 0.0476. The van der Waals surface area contributed by atoms with E-state index in [1.165, 1.54) is 36.7 Å². The van der Waals surface area contributed by atoms with Crippen molar-refractivity contribution in [3.05, 3.63) is 118 Å². The average Bonchev–Trinajstić information content (AvgIpc) is 2.67. The molecule has 0 aliphatic heterocycles. The smallest absolute Gasteiger partial charge is 0.854 e. The molecule has 1 N–H and O–H groups in total. The van der Waals surface area contributed by atoms with Gasteiger partial charge in [0.05, 0.1) is 6.10 Å². The Morgan fingerprint density at radius 1 is 1.00 bits per heavy atom. The minimum atomic E-state index is -1.40. The van der Waals surface area contributed by atoms with Crippen LogP contribution in [0.15, 0.2) is 72.6 Å². The summed E-state index contributed by atoms with van der Waals surface area (Å²) in [6.07, 6.45) is 4.26. The summed E-state index contributed by atoms with van der Waals surface area (Å²) in [5.74, 6) is -2.26. The molecule has 1 atom stereocenters. The van der Waals surface area contributed by atoms with Gasteiger partial charge in [0.25, 0.3) is 0 Å². The Bertz CT molecular complexity index is 992. The molecule has 2 aromatic carbocycles. The van der Waals surface area contributed by atoms with Gasteiger partial charge in [-0.05, 0) is 17.7 Å². The molecule has 0 amide bonds. The van der Waals surface area contributed by atoms with Gasteiger partial charge in [-0.3, -0.25) is 4.98 Å². The van der Waals surface area contributed by atoms with E-state index in [9.17, 15) is 23.7 Å². The number of hydrogen-bond acceptors (Lipinski definition) is 2. The van der Waals surface area contributed by atoms with Crippen molar-refractivity contribution in [2.45, 2.75) is 6.10 Å². The first-order valence-corrected chi connectivity index (χ1v) is 7.95. The molecule has 3 rings (SSSR count). The van der Waals surface area contributed by atoms with E-state index in [0.717, 1.165) is 12.1 Å². The minimum Gasteiger partial charge on any atom is -0.854 e. The third-order valence-electron chi connectivity index (χ3n) is 3.84. The van der Waals surface area contributed by atoms with Crippen molar-refractivity contribution < 1.29 is 49.4 Å². The largest absolute Gasteiger partial charge is 2.00 e. The molecule has 0 aliphatic carbocycles. The number of aliphatic hydroxyl groups excluding tert-OH is 1. The van der Waals surface area contributed by atoms with Crippen LogP contribution in [0.5, 0.6) is 0 Å². The fourth-order valence-corrected chi connectivity index (χ4v) is 2.48. The van der Waals surface area contributed by atoms with Crippen molar-refractivity contribution in [3.8, 4) is 0 Å². The van der Waals surface area contributed by atoms with Crippen molar-refractivity contribution in [1.29, 1.82) is 0 Å². The van der Waals surface area contributed by atoms with Crippen LogP contribution in [0.4, 0.5) is 13.2 Å². The second kappa shape index (κ2) is 9.83. The maximum Gasteiger partial charge on any atom is 2.00 e. The molecule has 0 fully saturated rings. The Kier molecular flexibility index (Phi) is 7.76. The molecule has 0 radical (unpaired) electrons. The fourth-order valence-electron chi connectivity index (χ4n) is 2.48. The number of halogens is 3. The van der Waals surface area contributed by atoms with E-state index in [1.54, 1.807) is 12.1 Å². The van der Waals surface area contributed by atoms with Gasteiger partial charge in [-0.1, -0.05) is 24.3 Å². The standard InChI is InChI=1S/C21H13F3N2O.U/c22-15-5-3-13(4-6-15)10-18(21(27)14-2-1-9-26-12-14)20(25)17-8-7-16(23)11-19(17)24;/h1-9,11-12,21,27H;/q-2;+2. The third kappa shape index (κ3) is 5.20. The van der Waals surface area contributed by atoms with Crippen LogP contribution in [0.3, 0.4) is 0 Å². The Hall–Kier alpha value is -2.20. The molecule has 3 nitrogen and oxygen atoms in total. The first-order valence-electron chi connectivity index (χ1n) is 7.95. The summed E-state index contributed by atoms with van der Waals surface area (Å²) in [6, 6.07) is 11.0. The van der Waals surface area contributed by atoms with Crippen LogP contribution < -0.4 is 0 Å². The topological polar surface area (TPSA) is 55.4 Å². The molecule has 1 heterocycles. The van der Waals surface area contributed by atoms with Crippen LogP contribution in [0, 0.1) is 54.6 Å². The SMILES string of the molecule is [N-]=C(C(=[C-]c1ccc(F)cc1)C(O)c1cccnc1)c1ccc(F)cc1F.[U+2]. The Balaban J connectivity index is 0.00000280. The van der Waals surface area contributed by atoms with E-state index in [-0.39, 0.29) is 42.2 Å². The molecule has 0 saturated carbocycles. The summed E-state index contributed by atoms with van der Waals surface area (Å²) in [7, 11) is 0. The van der Waals surface area contributed by atoms with Gasteiger partial charge in [-0.15, -0.1) is 29.3 Å². The number of aromatic nitrogens is 1. The number of nitrogens with zero attached hydrogens (tertiary/aromatic N) is 2. The summed E-state index contributed by atoms with van der Waals surface area (Å²) in [5.41, 5.74) is -0.406. The molecular formula is C21H13F3N2OU. The molecule has 0 saturated heterocycles. The predicted molar refractivity (Wildman–Crippen MR) is 95.3 cm³/mol. The van der Waals surface area contributed by atoms with Crippen LogP contribution in [0.25, 0.3) is 5.41 Å². The molecule has 0 bridgehead atoms. The molecule has 7 heteroatoms. The first-order chi connectivity index (χ1) is 13.0. The van der Waals surface area contributed by atoms with E-state index < -0.39 is 29.3 Å². The van der Waals surface area contributed by atoms with Crippen LogP contribution >= 0.6 is 0 Å². The zero-order chi connectivity index (χ0) is 19.4. The van der Waals surface area contributed by atoms with E-state index in [0.29, 0.717) is 17.2 Å². The zero-order valence-corrected chi connectivity index (χ0v) is 18.6. The van der Waals surface area contributed by atoms with Crippen molar-refractivity contribution in [2.75, 3.05) is 0 Å². The molecule has 0 spiro atoms. The van der Waals surface area contributed by atoms with Crippen molar-refractivity contribution >= 4 is 5.71 Å². The monoisotopic (exact) mass is 604 g/mol. The van der Waals surface area contributed by atoms with E-state index in [2.05, 4.69) is 11.1 Å². The van der Waals surface area contributed by atoms with Crippen LogP contribution in [0.2, 0.25) is 0 Å². The zero-order valence-electron chi connectivity index (χ0n) is 14.4. The number of hydrogen-bond donors (Lipinski definition) is 1. The van der Waals surface area contributed by atoms with Gasteiger partial charge in [0.2, 0.25) is 0 Å². The predicted octanol–water partition coefficient (Wildman–Crippen LogP) is 4.37. The summed E-state index contributed by atoms with van der Waals surface area (Å²) < 4.78 is 40.4. The molecule has 0 aliphatic rings. The van der Waals surface area contributed by atoms with Gasteiger partial charge in [-0.2, -0.15) is 0 Å². The number of pyridine rings is 1. The van der Waals surface area contributed by atoms with Gasteiger partial charge in [0, 0.05) is 24.0 Å². The summed E-state index contributed by atoms with van der Waals surface area (Å²) in [5, 5.41) is 21.3. The Morgan fingerprint density at radius 3 is 2.29 bits per heavy atom. The molecular weight excluding hydrogens is 591 g/mol. The molecule has 138 valence electrons. The van der Waals surface area contributed by atoms with Gasteiger partial charge in [-0.25, -0.2) is 18.9 Å². The minimum absolute atomic E-state index is 0. The summed E-state index contributed by atoms with van der Waals surface area (Å²) >= 11 is 0. The van der Waals surface area contributed by atoms with Gasteiger partial charge >= 0.3 is 31.1 Å². The van der Waals surface area contributed by atoms with Crippen molar-refractivity contribution in [1.82, 2.24) is 4.98 Å². The summed E-state index contributed by atoms with van der Waals surface area (Å²) in [6.45, 7) is 0. The van der Waals surface area contributed by atoms with E-state index in [4.69, 9.17) is 0 Å². The third-order valence-corrected chi connectivity index (χ3v) is 3.84. The number of aliphatic hydroxyl groups is 1. The van der Waals surface area contributed by atoms with Gasteiger partial charge in [0.1, 0.15) is 17.5 Å². The first kappa shape index (κ1) is 22.1. The van der Waals surface area contributed by atoms with Crippen molar-refractivity contribution in [3.63, 3.8) is 0 Å². The van der Waals surface area contributed by atoms with Crippen molar-refractivity contribution in [2.24, 2.45) is 0 Å². The maximum atomic E-state index is 14.1. The number of benzene rings is 2. The molecule has 1 unspecified atom stereocenters. The second-order valence-corrected chi connectivity index (χ2v) is 5.71. The quantitative estimate of drug-likeness (QED) is 0.348. The average molecular weight is 604 g/mol. The van der Waals surface area contributed by atoms with E-state index >= 15 is 0 Å². The summed E-state index contributed by atoms with van der Waals surface area (Å²) in [4.78, 5) is 3.90. The van der Waals surface area contributed by atoms with Gasteiger partial charge < -0.3 is 10.5 Å². The van der Waals surface area contributed by atoms with E-state index in [1.807, 2.05) is 0 Å². The number of rotatable bonds is 5. The maximum absolute atomic E-state index is 14.1. The molecule has 3 aromatic rings. The second-order valence-electron chi connectivity index (χ2n) is 5.71. The Labute approximate surface area is 183 Å². The van der Waals surface area contributed by atoms with Gasteiger partial charge in [0.15, 0.2) is 0 Å². The van der Waals surface area contributed by atoms with Crippen LogP contribution in [-0.4, -0.2) is 15.8 Å². The normalized spacial score (nSPS) is 12.2. The van der Waals surface area contributed by atoms with Crippen LogP contribution in [-0.2, 0) is 0 Å². The Morgan fingerprint density at radius 2 is 1.68 bits per heavy atom. The molecule has 28 heavy (non-hydrogen) atoms. The molecule has 1 aromatic heterocycles.